The monoisotopic (exact) mass is 400 g/mol. The Labute approximate surface area is 144 Å². The average Bonchev–Trinajstić information content (AvgIpc) is 2.99. The lowest BCUT2D eigenvalue weighted by molar-refractivity contribution is 0.481. The highest BCUT2D eigenvalue weighted by atomic mass is 32.2. The fraction of sp³-hybridized carbons (Fsp3) is 0. The van der Waals surface area contributed by atoms with Crippen molar-refractivity contribution < 1.29 is 25.9 Å². The van der Waals surface area contributed by atoms with Crippen LogP contribution >= 0.6 is 22.7 Å². The summed E-state index contributed by atoms with van der Waals surface area (Å²) in [6, 6.07) is 8.74. The summed E-state index contributed by atoms with van der Waals surface area (Å²) in [4.78, 5) is -0.330. The summed E-state index contributed by atoms with van der Waals surface area (Å²) in [5, 5.41) is 1.66. The maximum Gasteiger partial charge on any atom is 0.294 e. The first-order chi connectivity index (χ1) is 11.1. The van der Waals surface area contributed by atoms with Crippen molar-refractivity contribution in [1.82, 2.24) is 0 Å². The van der Waals surface area contributed by atoms with Gasteiger partial charge in [0.05, 0.1) is 19.2 Å². The van der Waals surface area contributed by atoms with Crippen molar-refractivity contribution in [2.75, 3.05) is 0 Å². The van der Waals surface area contributed by atoms with Gasteiger partial charge in [-0.25, -0.2) is 0 Å². The Morgan fingerprint density at radius 3 is 1.38 bits per heavy atom. The third-order valence-corrected chi connectivity index (χ3v) is 7.82. The predicted octanol–water partition coefficient (Wildman–Crippen LogP) is 3.76. The Hall–Kier alpha value is -1.56. The average molecular weight is 400 g/mol. The Kier molecular flexibility index (Phi) is 3.30. The molecule has 0 radical (unpaired) electrons. The first kappa shape index (κ1) is 15.9. The van der Waals surface area contributed by atoms with Gasteiger partial charge in [0.2, 0.25) is 0 Å². The van der Waals surface area contributed by atoms with Gasteiger partial charge in [0, 0.05) is 20.2 Å². The van der Waals surface area contributed by atoms with Gasteiger partial charge in [-0.2, -0.15) is 16.8 Å². The minimum Gasteiger partial charge on any atom is -0.282 e. The smallest absolute Gasteiger partial charge is 0.282 e. The molecular formula is C14H8O6S4. The quantitative estimate of drug-likeness (QED) is 0.496. The molecule has 4 aromatic rings. The fourth-order valence-electron chi connectivity index (χ4n) is 2.54. The van der Waals surface area contributed by atoms with Gasteiger partial charge in [0.15, 0.2) is 0 Å². The summed E-state index contributed by atoms with van der Waals surface area (Å²) in [6.07, 6.45) is 0. The van der Waals surface area contributed by atoms with Gasteiger partial charge in [-0.15, -0.1) is 22.7 Å². The van der Waals surface area contributed by atoms with Crippen LogP contribution in [0.2, 0.25) is 0 Å². The molecule has 0 amide bonds. The summed E-state index contributed by atoms with van der Waals surface area (Å²) < 4.78 is 66.6. The molecule has 6 nitrogen and oxygen atoms in total. The minimum atomic E-state index is -4.26. The van der Waals surface area contributed by atoms with E-state index in [0.29, 0.717) is 9.40 Å². The van der Waals surface area contributed by atoms with Crippen LogP contribution in [0.25, 0.3) is 29.6 Å². The van der Waals surface area contributed by atoms with Crippen LogP contribution in [0.5, 0.6) is 0 Å². The van der Waals surface area contributed by atoms with Crippen molar-refractivity contribution in [3.63, 3.8) is 0 Å². The molecule has 10 heteroatoms. The maximum absolute atomic E-state index is 11.3. The molecule has 0 bridgehead atoms. The molecule has 2 aromatic carbocycles. The fourth-order valence-corrected chi connectivity index (χ4v) is 6.43. The maximum atomic E-state index is 11.3. The van der Waals surface area contributed by atoms with Gasteiger partial charge in [-0.3, -0.25) is 9.11 Å². The van der Waals surface area contributed by atoms with Crippen LogP contribution < -0.4 is 0 Å². The molecule has 0 aliphatic carbocycles. The first-order valence-corrected chi connectivity index (χ1v) is 11.0. The van der Waals surface area contributed by atoms with Gasteiger partial charge in [-0.1, -0.05) is 12.1 Å². The lowest BCUT2D eigenvalue weighted by Crippen LogP contribution is -1.96. The van der Waals surface area contributed by atoms with E-state index in [9.17, 15) is 16.8 Å². The molecule has 2 heterocycles. The molecule has 0 aliphatic heterocycles. The van der Waals surface area contributed by atoms with E-state index in [1.165, 1.54) is 46.9 Å². The van der Waals surface area contributed by atoms with E-state index in [1.54, 1.807) is 12.1 Å². The molecule has 4 rings (SSSR count). The Bertz CT molecular complexity index is 1240. The molecule has 0 saturated carbocycles. The number of thiophene rings is 2. The molecule has 0 spiro atoms. The first-order valence-electron chi connectivity index (χ1n) is 6.48. The molecule has 2 aromatic heterocycles. The van der Waals surface area contributed by atoms with Crippen molar-refractivity contribution >= 4 is 72.5 Å². The van der Waals surface area contributed by atoms with Crippen LogP contribution in [-0.4, -0.2) is 25.9 Å². The highest BCUT2D eigenvalue weighted by molar-refractivity contribution is 7.86. The lowest BCUT2D eigenvalue weighted by atomic mass is 10.2. The number of benzene rings is 2. The lowest BCUT2D eigenvalue weighted by Gasteiger charge is -1.97. The zero-order valence-corrected chi connectivity index (χ0v) is 14.9. The molecule has 0 unspecified atom stereocenters. The summed E-state index contributed by atoms with van der Waals surface area (Å²) in [5.74, 6) is 0. The van der Waals surface area contributed by atoms with Crippen LogP contribution in [0.4, 0.5) is 0 Å². The van der Waals surface area contributed by atoms with Crippen molar-refractivity contribution in [3.05, 3.63) is 36.4 Å². The van der Waals surface area contributed by atoms with E-state index in [1.807, 2.05) is 0 Å². The molecule has 2 N–H and O–H groups in total. The third kappa shape index (κ3) is 2.42. The number of hydrogen-bond donors (Lipinski definition) is 2. The highest BCUT2D eigenvalue weighted by Gasteiger charge is 2.17. The third-order valence-electron chi connectivity index (χ3n) is 3.62. The molecule has 124 valence electrons. The largest absolute Gasteiger partial charge is 0.294 e. The highest BCUT2D eigenvalue weighted by Crippen LogP contribution is 2.45. The van der Waals surface area contributed by atoms with Gasteiger partial charge >= 0.3 is 0 Å². The van der Waals surface area contributed by atoms with Crippen LogP contribution in [0.3, 0.4) is 0 Å². The summed E-state index contributed by atoms with van der Waals surface area (Å²) >= 11 is 2.73. The second-order valence-corrected chi connectivity index (χ2v) is 10.1. The van der Waals surface area contributed by atoms with E-state index in [-0.39, 0.29) is 9.79 Å². The molecular weight excluding hydrogens is 392 g/mol. The van der Waals surface area contributed by atoms with E-state index < -0.39 is 20.2 Å². The van der Waals surface area contributed by atoms with Crippen molar-refractivity contribution in [2.24, 2.45) is 0 Å². The second kappa shape index (κ2) is 4.97. The molecule has 0 atom stereocenters. The minimum absolute atomic E-state index is 0.165. The van der Waals surface area contributed by atoms with Crippen LogP contribution in [0.1, 0.15) is 0 Å². The molecule has 0 fully saturated rings. The van der Waals surface area contributed by atoms with Crippen molar-refractivity contribution in [2.45, 2.75) is 9.79 Å². The van der Waals surface area contributed by atoms with Gasteiger partial charge in [0.25, 0.3) is 20.2 Å². The van der Waals surface area contributed by atoms with Crippen molar-refractivity contribution in [1.29, 1.82) is 0 Å². The summed E-state index contributed by atoms with van der Waals surface area (Å²) in [6.45, 7) is 0. The van der Waals surface area contributed by atoms with Crippen LogP contribution in [0, 0.1) is 0 Å². The number of hydrogen-bond acceptors (Lipinski definition) is 6. The van der Waals surface area contributed by atoms with Crippen LogP contribution in [-0.2, 0) is 20.2 Å². The number of fused-ring (bicyclic) bond motifs is 5. The molecule has 0 saturated heterocycles. The van der Waals surface area contributed by atoms with Gasteiger partial charge < -0.3 is 0 Å². The van der Waals surface area contributed by atoms with Crippen LogP contribution in [0.15, 0.2) is 46.2 Å². The van der Waals surface area contributed by atoms with E-state index in [2.05, 4.69) is 0 Å². The van der Waals surface area contributed by atoms with Gasteiger partial charge in [0.1, 0.15) is 0 Å². The van der Waals surface area contributed by atoms with Gasteiger partial charge in [-0.05, 0) is 24.3 Å². The SMILES string of the molecule is O=S(=O)(O)c1ccc2c(c1)sc1c3ccc(S(=O)(=O)O)cc3sc21. The Balaban J connectivity index is 2.05. The number of rotatable bonds is 2. The van der Waals surface area contributed by atoms with Crippen molar-refractivity contribution in [3.8, 4) is 0 Å². The summed E-state index contributed by atoms with van der Waals surface area (Å²) in [7, 11) is -8.53. The topological polar surface area (TPSA) is 109 Å². The normalized spacial score (nSPS) is 13.2. The summed E-state index contributed by atoms with van der Waals surface area (Å²) in [5.41, 5.74) is 0. The second-order valence-electron chi connectivity index (χ2n) is 5.13. The predicted molar refractivity (Wildman–Crippen MR) is 94.3 cm³/mol. The molecule has 24 heavy (non-hydrogen) atoms. The van der Waals surface area contributed by atoms with E-state index in [4.69, 9.17) is 9.11 Å². The Morgan fingerprint density at radius 2 is 1.04 bits per heavy atom. The zero-order valence-electron chi connectivity index (χ0n) is 11.6. The van der Waals surface area contributed by atoms with E-state index >= 15 is 0 Å². The zero-order chi connectivity index (χ0) is 17.3. The van der Waals surface area contributed by atoms with E-state index in [0.717, 1.165) is 20.2 Å². The Morgan fingerprint density at radius 1 is 0.667 bits per heavy atom. The molecule has 0 aliphatic rings. The standard InChI is InChI=1S/C14H8O6S4/c15-23(16,17)7-1-3-9-11(5-7)21-14-10-4-2-8(24(18,19)20)6-12(10)22-13(9)14/h1-6H,(H,15,16,17)(H,18,19,20).